The van der Waals surface area contributed by atoms with E-state index >= 15 is 0 Å². The van der Waals surface area contributed by atoms with Crippen LogP contribution in [0, 0.1) is 0 Å². The first-order chi connectivity index (χ1) is 13.5. The summed E-state index contributed by atoms with van der Waals surface area (Å²) in [6.07, 6.45) is 1.47. The largest absolute Gasteiger partial charge is 0.354 e. The van der Waals surface area contributed by atoms with Crippen molar-refractivity contribution in [3.05, 3.63) is 78.4 Å². The maximum absolute atomic E-state index is 13.2. The van der Waals surface area contributed by atoms with Crippen LogP contribution in [0.4, 0.5) is 5.69 Å². The summed E-state index contributed by atoms with van der Waals surface area (Å²) >= 11 is 0. The fourth-order valence-electron chi connectivity index (χ4n) is 3.30. The van der Waals surface area contributed by atoms with Gasteiger partial charge in [0.25, 0.3) is 5.91 Å². The van der Waals surface area contributed by atoms with Gasteiger partial charge in [-0.3, -0.25) is 14.4 Å². The number of anilines is 1. The predicted molar refractivity (Wildman–Crippen MR) is 108 cm³/mol. The second-order valence-corrected chi connectivity index (χ2v) is 6.63. The molecular formula is C22H23N3O3. The highest BCUT2D eigenvalue weighted by Crippen LogP contribution is 2.27. The van der Waals surface area contributed by atoms with E-state index in [2.05, 4.69) is 11.9 Å². The van der Waals surface area contributed by atoms with Gasteiger partial charge in [0.1, 0.15) is 0 Å². The van der Waals surface area contributed by atoms with Gasteiger partial charge in [-0.05, 0) is 35.9 Å². The van der Waals surface area contributed by atoms with E-state index in [0.717, 1.165) is 5.56 Å². The van der Waals surface area contributed by atoms with E-state index in [9.17, 15) is 14.4 Å². The minimum absolute atomic E-state index is 0.0657. The number of amides is 3. The lowest BCUT2D eigenvalue weighted by atomic mass is 10.0. The minimum Gasteiger partial charge on any atom is -0.354 e. The zero-order valence-electron chi connectivity index (χ0n) is 15.8. The normalized spacial score (nSPS) is 16.7. The summed E-state index contributed by atoms with van der Waals surface area (Å²) in [6.45, 7) is 4.33. The third-order valence-corrected chi connectivity index (χ3v) is 4.88. The Bertz CT molecular complexity index is 878. The second-order valence-electron chi connectivity index (χ2n) is 6.63. The molecule has 0 aliphatic carbocycles. The van der Waals surface area contributed by atoms with Crippen LogP contribution < -0.4 is 10.2 Å². The molecule has 0 saturated carbocycles. The molecule has 3 rings (SSSR count). The first kappa shape index (κ1) is 19.4. The second kappa shape index (κ2) is 8.52. The molecule has 1 aliphatic heterocycles. The van der Waals surface area contributed by atoms with Crippen LogP contribution in [0.25, 0.3) is 0 Å². The molecule has 0 bridgehead atoms. The molecular weight excluding hydrogens is 354 g/mol. The number of benzene rings is 2. The monoisotopic (exact) mass is 377 g/mol. The number of hydrogen-bond donors (Lipinski definition) is 1. The summed E-state index contributed by atoms with van der Waals surface area (Å²) < 4.78 is 0. The number of rotatable bonds is 4. The summed E-state index contributed by atoms with van der Waals surface area (Å²) in [5.74, 6) is -0.431. The average Bonchev–Trinajstić information content (AvgIpc) is 2.94. The van der Waals surface area contributed by atoms with Gasteiger partial charge in [0.15, 0.2) is 0 Å². The van der Waals surface area contributed by atoms with Crippen molar-refractivity contribution in [2.24, 2.45) is 0 Å². The van der Waals surface area contributed by atoms with Gasteiger partial charge in [-0.25, -0.2) is 0 Å². The van der Waals surface area contributed by atoms with Crippen LogP contribution in [-0.4, -0.2) is 42.8 Å². The molecule has 2 aromatic rings. The van der Waals surface area contributed by atoms with Crippen molar-refractivity contribution in [1.82, 2.24) is 10.2 Å². The summed E-state index contributed by atoms with van der Waals surface area (Å²) in [6, 6.07) is 16.1. The van der Waals surface area contributed by atoms with Crippen LogP contribution in [-0.2, 0) is 9.59 Å². The van der Waals surface area contributed by atoms with Gasteiger partial charge in [0, 0.05) is 31.4 Å². The molecule has 6 nitrogen and oxygen atoms in total. The molecule has 1 aliphatic rings. The van der Waals surface area contributed by atoms with Crippen LogP contribution in [0.3, 0.4) is 0 Å². The standard InChI is InChI=1S/C22H23N3O3/c1-3-21(27)24(2)18-11-9-17(10-12-18)22(28)25-14-13-23-20(26)15-19(25)16-7-5-4-6-8-16/h3-12,19H,1,13-15H2,2H3,(H,23,26). The summed E-state index contributed by atoms with van der Waals surface area (Å²) in [4.78, 5) is 40.2. The Kier molecular flexibility index (Phi) is 5.89. The lowest BCUT2D eigenvalue weighted by Crippen LogP contribution is -2.36. The molecule has 0 radical (unpaired) electrons. The Hall–Kier alpha value is -3.41. The first-order valence-corrected chi connectivity index (χ1v) is 9.14. The van der Waals surface area contributed by atoms with Gasteiger partial charge in [-0.15, -0.1) is 0 Å². The van der Waals surface area contributed by atoms with Crippen molar-refractivity contribution in [3.8, 4) is 0 Å². The van der Waals surface area contributed by atoms with Gasteiger partial charge in [-0.2, -0.15) is 0 Å². The third kappa shape index (κ3) is 4.11. The number of carbonyl (C=O) groups is 3. The number of nitrogens with one attached hydrogen (secondary N) is 1. The quantitative estimate of drug-likeness (QED) is 0.833. The van der Waals surface area contributed by atoms with Crippen LogP contribution in [0.1, 0.15) is 28.4 Å². The molecule has 2 aromatic carbocycles. The molecule has 6 heteroatoms. The first-order valence-electron chi connectivity index (χ1n) is 9.14. The maximum atomic E-state index is 13.2. The Morgan fingerprint density at radius 1 is 1.14 bits per heavy atom. The predicted octanol–water partition coefficient (Wildman–Crippen LogP) is 2.54. The molecule has 1 atom stereocenters. The average molecular weight is 377 g/mol. The van der Waals surface area contributed by atoms with E-state index < -0.39 is 0 Å². The number of nitrogens with zero attached hydrogens (tertiary/aromatic N) is 2. The molecule has 0 aromatic heterocycles. The zero-order valence-corrected chi connectivity index (χ0v) is 15.8. The summed E-state index contributed by atoms with van der Waals surface area (Å²) in [5.41, 5.74) is 2.12. The number of hydrogen-bond acceptors (Lipinski definition) is 3. The van der Waals surface area contributed by atoms with Crippen molar-refractivity contribution in [2.45, 2.75) is 12.5 Å². The van der Waals surface area contributed by atoms with E-state index in [1.807, 2.05) is 30.3 Å². The lowest BCUT2D eigenvalue weighted by Gasteiger charge is -2.30. The molecule has 3 amide bonds. The highest BCUT2D eigenvalue weighted by molar-refractivity contribution is 6.01. The van der Waals surface area contributed by atoms with Crippen molar-refractivity contribution in [3.63, 3.8) is 0 Å². The molecule has 1 saturated heterocycles. The molecule has 1 N–H and O–H groups in total. The van der Waals surface area contributed by atoms with Crippen LogP contribution in [0.5, 0.6) is 0 Å². The number of carbonyl (C=O) groups excluding carboxylic acids is 3. The smallest absolute Gasteiger partial charge is 0.254 e. The third-order valence-electron chi connectivity index (χ3n) is 4.88. The molecule has 1 fully saturated rings. The zero-order chi connectivity index (χ0) is 20.1. The topological polar surface area (TPSA) is 69.7 Å². The van der Waals surface area contributed by atoms with E-state index in [-0.39, 0.29) is 30.2 Å². The van der Waals surface area contributed by atoms with E-state index in [4.69, 9.17) is 0 Å². The fourth-order valence-corrected chi connectivity index (χ4v) is 3.30. The fraction of sp³-hybridized carbons (Fsp3) is 0.227. The summed E-state index contributed by atoms with van der Waals surface area (Å²) in [7, 11) is 1.65. The molecule has 0 spiro atoms. The van der Waals surface area contributed by atoms with Crippen LogP contribution in [0.2, 0.25) is 0 Å². The van der Waals surface area contributed by atoms with Gasteiger partial charge in [0.05, 0.1) is 12.5 Å². The molecule has 1 unspecified atom stereocenters. The van der Waals surface area contributed by atoms with Gasteiger partial charge in [-0.1, -0.05) is 36.9 Å². The Labute approximate surface area is 164 Å². The maximum Gasteiger partial charge on any atom is 0.254 e. The molecule has 1 heterocycles. The number of likely N-dealkylation sites (N-methyl/N-ethyl adjacent to an activating group) is 1. The lowest BCUT2D eigenvalue weighted by molar-refractivity contribution is -0.121. The SMILES string of the molecule is C=CC(=O)N(C)c1ccc(C(=O)N2CCNC(=O)CC2c2ccccc2)cc1. The van der Waals surface area contributed by atoms with Gasteiger partial charge in [0.2, 0.25) is 11.8 Å². The Morgan fingerprint density at radius 2 is 1.82 bits per heavy atom. The van der Waals surface area contributed by atoms with Gasteiger partial charge < -0.3 is 15.1 Å². The molecule has 144 valence electrons. The van der Waals surface area contributed by atoms with Crippen LogP contribution >= 0.6 is 0 Å². The van der Waals surface area contributed by atoms with Crippen molar-refractivity contribution >= 4 is 23.4 Å². The highest BCUT2D eigenvalue weighted by atomic mass is 16.2. The highest BCUT2D eigenvalue weighted by Gasteiger charge is 2.30. The van der Waals surface area contributed by atoms with Crippen LogP contribution in [0.15, 0.2) is 67.3 Å². The minimum atomic E-state index is -0.319. The Balaban J connectivity index is 1.87. The van der Waals surface area contributed by atoms with Crippen molar-refractivity contribution in [2.75, 3.05) is 25.0 Å². The summed E-state index contributed by atoms with van der Waals surface area (Å²) in [5, 5.41) is 2.84. The Morgan fingerprint density at radius 3 is 2.46 bits per heavy atom. The van der Waals surface area contributed by atoms with E-state index in [1.165, 1.54) is 11.0 Å². The molecule has 28 heavy (non-hydrogen) atoms. The van der Waals surface area contributed by atoms with E-state index in [0.29, 0.717) is 24.3 Å². The van der Waals surface area contributed by atoms with Crippen molar-refractivity contribution in [1.29, 1.82) is 0 Å². The van der Waals surface area contributed by atoms with E-state index in [1.54, 1.807) is 36.2 Å². The van der Waals surface area contributed by atoms with Gasteiger partial charge >= 0.3 is 0 Å². The van der Waals surface area contributed by atoms with Crippen molar-refractivity contribution < 1.29 is 14.4 Å².